The number of allylic oxidation sites excluding steroid dienone is 1. The minimum absolute atomic E-state index is 0.140. The van der Waals surface area contributed by atoms with Crippen molar-refractivity contribution in [3.63, 3.8) is 0 Å². The normalized spacial score (nSPS) is 17.0. The van der Waals surface area contributed by atoms with E-state index in [0.29, 0.717) is 28.7 Å². The summed E-state index contributed by atoms with van der Waals surface area (Å²) >= 11 is 13.0. The monoisotopic (exact) mass is 606 g/mol. The number of esters is 1. The van der Waals surface area contributed by atoms with Gasteiger partial charge in [0.1, 0.15) is 5.60 Å². The van der Waals surface area contributed by atoms with Crippen LogP contribution in [0.1, 0.15) is 72.6 Å². The van der Waals surface area contributed by atoms with Crippen molar-refractivity contribution in [1.82, 2.24) is 4.90 Å². The lowest BCUT2D eigenvalue weighted by Gasteiger charge is -2.24. The number of likely N-dealkylation sites (tertiary alicyclic amines) is 1. The highest BCUT2D eigenvalue weighted by molar-refractivity contribution is 6.36. The highest BCUT2D eigenvalue weighted by Crippen LogP contribution is 2.42. The third-order valence-corrected chi connectivity index (χ3v) is 8.16. The summed E-state index contributed by atoms with van der Waals surface area (Å²) < 4.78 is 10.5. The second kappa shape index (κ2) is 12.4. The molecule has 2 aliphatic rings. The van der Waals surface area contributed by atoms with Gasteiger partial charge in [-0.3, -0.25) is 0 Å². The van der Waals surface area contributed by atoms with Gasteiger partial charge in [-0.25, -0.2) is 9.59 Å². The largest absolute Gasteiger partial charge is 0.465 e. The number of aryl methyl sites for hydroxylation is 1. The number of halogens is 2. The molecule has 1 aliphatic carbocycles. The molecule has 0 radical (unpaired) electrons. The van der Waals surface area contributed by atoms with Gasteiger partial charge >= 0.3 is 12.1 Å². The van der Waals surface area contributed by atoms with Gasteiger partial charge < -0.3 is 19.7 Å². The molecule has 5 rings (SSSR count). The van der Waals surface area contributed by atoms with Gasteiger partial charge in [0.05, 0.1) is 12.7 Å². The highest BCUT2D eigenvalue weighted by atomic mass is 35.5. The molecule has 3 aromatic rings. The third kappa shape index (κ3) is 6.77. The topological polar surface area (TPSA) is 67.9 Å². The van der Waals surface area contributed by atoms with Gasteiger partial charge in [-0.15, -0.1) is 0 Å². The molecule has 3 aromatic carbocycles. The number of rotatable bonds is 5. The Kier molecular flexibility index (Phi) is 8.86. The fourth-order valence-corrected chi connectivity index (χ4v) is 6.23. The van der Waals surface area contributed by atoms with E-state index < -0.39 is 5.60 Å². The molecule has 1 fully saturated rings. The van der Waals surface area contributed by atoms with Crippen molar-refractivity contribution in [2.45, 2.75) is 58.1 Å². The van der Waals surface area contributed by atoms with Crippen LogP contribution in [0.5, 0.6) is 0 Å². The summed E-state index contributed by atoms with van der Waals surface area (Å²) in [6.45, 7) is 6.89. The van der Waals surface area contributed by atoms with E-state index in [4.69, 9.17) is 32.7 Å². The highest BCUT2D eigenvalue weighted by Gasteiger charge is 2.30. The molecule has 6 nitrogen and oxygen atoms in total. The van der Waals surface area contributed by atoms with Gasteiger partial charge in [-0.05, 0) is 116 Å². The number of methoxy groups -OCH3 is 1. The molecule has 1 N–H and O–H groups in total. The van der Waals surface area contributed by atoms with Gasteiger partial charge in [-0.1, -0.05) is 47.5 Å². The number of hydrogen-bond donors (Lipinski definition) is 1. The summed E-state index contributed by atoms with van der Waals surface area (Å²) in [6, 6.07) is 19.9. The Morgan fingerprint density at radius 1 is 0.952 bits per heavy atom. The lowest BCUT2D eigenvalue weighted by molar-refractivity contribution is 0.0293. The molecule has 1 aliphatic heterocycles. The van der Waals surface area contributed by atoms with Crippen LogP contribution in [0.25, 0.3) is 11.1 Å². The van der Waals surface area contributed by atoms with Crippen LogP contribution in [0.4, 0.5) is 10.5 Å². The van der Waals surface area contributed by atoms with Gasteiger partial charge in [0.15, 0.2) is 0 Å². The Balaban J connectivity index is 1.47. The summed E-state index contributed by atoms with van der Waals surface area (Å²) in [5, 5.41) is 4.78. The molecule has 0 saturated carbocycles. The number of amides is 1. The zero-order valence-corrected chi connectivity index (χ0v) is 25.9. The molecular formula is C34H36Cl2N2O4. The first-order chi connectivity index (χ1) is 20.0. The van der Waals surface area contributed by atoms with Crippen molar-refractivity contribution >= 4 is 52.1 Å². The smallest absolute Gasteiger partial charge is 0.410 e. The number of nitrogens with zero attached hydrogens (tertiary/aromatic N) is 1. The number of ether oxygens (including phenoxy) is 2. The zero-order chi connectivity index (χ0) is 30.0. The number of hydrogen-bond acceptors (Lipinski definition) is 5. The molecule has 1 amide bonds. The summed E-state index contributed by atoms with van der Waals surface area (Å²) in [6.07, 6.45) is 3.13. The van der Waals surface area contributed by atoms with E-state index in [1.807, 2.05) is 51.1 Å². The van der Waals surface area contributed by atoms with Crippen LogP contribution in [0.15, 0.2) is 60.7 Å². The Morgan fingerprint density at radius 2 is 1.69 bits per heavy atom. The van der Waals surface area contributed by atoms with E-state index in [-0.39, 0.29) is 18.1 Å². The van der Waals surface area contributed by atoms with Crippen LogP contribution >= 0.6 is 23.2 Å². The van der Waals surface area contributed by atoms with E-state index in [1.165, 1.54) is 7.11 Å². The SMILES string of the molecule is COC(=O)c1ccc2c(c1)CCCC(c1ccc(Cl)cc1Cl)=C2c1ccc(N[C@@H]2CCN(C(=O)OC(C)(C)C)C2)cc1. The van der Waals surface area contributed by atoms with E-state index in [1.54, 1.807) is 11.0 Å². The molecule has 8 heteroatoms. The first-order valence-electron chi connectivity index (χ1n) is 14.3. The molecule has 1 saturated heterocycles. The summed E-state index contributed by atoms with van der Waals surface area (Å²) in [5.74, 6) is -0.346. The number of benzene rings is 3. The van der Waals surface area contributed by atoms with Crippen molar-refractivity contribution in [3.05, 3.63) is 98.5 Å². The van der Waals surface area contributed by atoms with E-state index in [2.05, 4.69) is 29.6 Å². The predicted molar refractivity (Wildman–Crippen MR) is 169 cm³/mol. The van der Waals surface area contributed by atoms with Crippen molar-refractivity contribution in [2.24, 2.45) is 0 Å². The van der Waals surface area contributed by atoms with Crippen molar-refractivity contribution in [3.8, 4) is 0 Å². The van der Waals surface area contributed by atoms with E-state index in [0.717, 1.165) is 64.8 Å². The summed E-state index contributed by atoms with van der Waals surface area (Å²) in [5.41, 5.74) is 7.43. The molecule has 0 bridgehead atoms. The minimum atomic E-state index is -0.514. The van der Waals surface area contributed by atoms with Crippen molar-refractivity contribution in [2.75, 3.05) is 25.5 Å². The van der Waals surface area contributed by atoms with Crippen LogP contribution in [0.2, 0.25) is 10.0 Å². The molecule has 0 spiro atoms. The fourth-order valence-electron chi connectivity index (χ4n) is 5.70. The molecule has 1 atom stereocenters. The van der Waals surface area contributed by atoms with Gasteiger partial charge in [0, 0.05) is 34.9 Å². The van der Waals surface area contributed by atoms with Crippen LogP contribution in [0.3, 0.4) is 0 Å². The van der Waals surface area contributed by atoms with Gasteiger partial charge in [0.2, 0.25) is 0 Å². The van der Waals surface area contributed by atoms with Crippen LogP contribution in [-0.2, 0) is 15.9 Å². The van der Waals surface area contributed by atoms with Crippen molar-refractivity contribution < 1.29 is 19.1 Å². The molecule has 0 unspecified atom stereocenters. The van der Waals surface area contributed by atoms with E-state index in [9.17, 15) is 9.59 Å². The maximum Gasteiger partial charge on any atom is 0.410 e. The average Bonchev–Trinajstić information content (AvgIpc) is 3.33. The number of carbonyl (C=O) groups excluding carboxylic acids is 2. The number of fused-ring (bicyclic) bond motifs is 1. The Morgan fingerprint density at radius 3 is 2.38 bits per heavy atom. The molecule has 0 aromatic heterocycles. The summed E-state index contributed by atoms with van der Waals surface area (Å²) in [7, 11) is 1.40. The lowest BCUT2D eigenvalue weighted by atomic mass is 9.87. The quantitative estimate of drug-likeness (QED) is 0.295. The Hall–Kier alpha value is -3.48. The molecule has 1 heterocycles. The molecule has 220 valence electrons. The van der Waals surface area contributed by atoms with Crippen LogP contribution in [0, 0.1) is 0 Å². The van der Waals surface area contributed by atoms with Crippen LogP contribution < -0.4 is 5.32 Å². The first kappa shape index (κ1) is 30.0. The van der Waals surface area contributed by atoms with Gasteiger partial charge in [0.25, 0.3) is 0 Å². The van der Waals surface area contributed by atoms with Crippen LogP contribution in [-0.4, -0.2) is 48.8 Å². The van der Waals surface area contributed by atoms with Gasteiger partial charge in [-0.2, -0.15) is 0 Å². The first-order valence-corrected chi connectivity index (χ1v) is 15.0. The average molecular weight is 608 g/mol. The lowest BCUT2D eigenvalue weighted by Crippen LogP contribution is -2.36. The molecular weight excluding hydrogens is 571 g/mol. The number of carbonyl (C=O) groups is 2. The Labute approximate surface area is 257 Å². The zero-order valence-electron chi connectivity index (χ0n) is 24.4. The standard InChI is InChI=1S/C34H36Cl2N2O4/c1-34(2,3)42-33(40)38-17-16-26(20-38)37-25-12-8-21(9-13-25)31-27-14-10-23(32(39)41-4)18-22(27)6-5-7-29(31)28-15-11-24(35)19-30(28)36/h8-15,18-19,26,37H,5-7,16-17,20H2,1-4H3/t26-/m1/s1. The predicted octanol–water partition coefficient (Wildman–Crippen LogP) is 8.50. The second-order valence-corrected chi connectivity index (χ2v) is 12.7. The minimum Gasteiger partial charge on any atom is -0.465 e. The van der Waals surface area contributed by atoms with Crippen molar-refractivity contribution in [1.29, 1.82) is 0 Å². The summed E-state index contributed by atoms with van der Waals surface area (Å²) in [4.78, 5) is 26.6. The number of anilines is 1. The maximum atomic E-state index is 12.5. The van der Waals surface area contributed by atoms with E-state index >= 15 is 0 Å². The second-order valence-electron chi connectivity index (χ2n) is 11.8. The third-order valence-electron chi connectivity index (χ3n) is 7.61. The number of nitrogens with one attached hydrogen (secondary N) is 1. The maximum absolute atomic E-state index is 12.5. The molecule has 42 heavy (non-hydrogen) atoms. The Bertz CT molecular complexity index is 1530. The fraction of sp³-hybridized carbons (Fsp3) is 0.353.